The molecule has 0 aliphatic carbocycles. The average Bonchev–Trinajstić information content (AvgIpc) is 2.52. The van der Waals surface area contributed by atoms with Gasteiger partial charge in [0.2, 0.25) is 5.91 Å². The smallest absolute Gasteiger partial charge is 0.256 e. The third-order valence-corrected chi connectivity index (χ3v) is 4.29. The van der Waals surface area contributed by atoms with Crippen LogP contribution < -0.4 is 5.32 Å². The van der Waals surface area contributed by atoms with Gasteiger partial charge in [0.1, 0.15) is 5.82 Å². The zero-order valence-electron chi connectivity index (χ0n) is 13.4. The van der Waals surface area contributed by atoms with Crippen molar-refractivity contribution in [1.82, 2.24) is 10.2 Å². The molecule has 0 bridgehead atoms. The second-order valence-electron chi connectivity index (χ2n) is 6.28. The number of piperidine rings is 1. The highest BCUT2D eigenvalue weighted by Crippen LogP contribution is 2.21. The predicted octanol–water partition coefficient (Wildman–Crippen LogP) is 3.10. The van der Waals surface area contributed by atoms with E-state index < -0.39 is 5.82 Å². The number of nitrogens with zero attached hydrogens (tertiary/aromatic N) is 1. The molecule has 1 aliphatic heterocycles. The van der Waals surface area contributed by atoms with Crippen LogP contribution in [0.2, 0.25) is 5.02 Å². The summed E-state index contributed by atoms with van der Waals surface area (Å²) in [5.74, 6) is -0.765. The van der Waals surface area contributed by atoms with Gasteiger partial charge in [-0.3, -0.25) is 9.59 Å². The number of carbonyl (C=O) groups excluding carboxylic acids is 2. The van der Waals surface area contributed by atoms with Gasteiger partial charge in [0.05, 0.1) is 5.56 Å². The highest BCUT2D eigenvalue weighted by Gasteiger charge is 2.26. The second kappa shape index (κ2) is 7.77. The summed E-state index contributed by atoms with van der Waals surface area (Å²) in [5, 5.41) is 3.17. The molecule has 0 saturated carbocycles. The summed E-state index contributed by atoms with van der Waals surface area (Å²) in [7, 11) is 0. The molecule has 0 aromatic heterocycles. The van der Waals surface area contributed by atoms with Gasteiger partial charge in [0, 0.05) is 30.6 Å². The van der Waals surface area contributed by atoms with E-state index >= 15 is 0 Å². The molecule has 126 valence electrons. The van der Waals surface area contributed by atoms with Crippen LogP contribution in [0.3, 0.4) is 0 Å². The minimum absolute atomic E-state index is 0.0113. The number of halogens is 2. The van der Waals surface area contributed by atoms with Crippen molar-refractivity contribution in [2.75, 3.05) is 19.6 Å². The zero-order valence-corrected chi connectivity index (χ0v) is 14.2. The molecule has 1 saturated heterocycles. The monoisotopic (exact) mass is 340 g/mol. The first-order valence-corrected chi connectivity index (χ1v) is 8.28. The molecule has 0 radical (unpaired) electrons. The number of rotatable bonds is 4. The lowest BCUT2D eigenvalue weighted by Gasteiger charge is -2.33. The first-order valence-electron chi connectivity index (χ1n) is 7.90. The van der Waals surface area contributed by atoms with E-state index in [2.05, 4.69) is 5.32 Å². The first kappa shape index (κ1) is 17.7. The number of amides is 2. The highest BCUT2D eigenvalue weighted by molar-refractivity contribution is 6.30. The number of benzene rings is 1. The standard InChI is InChI=1S/C17H22ClFN2O2/c1-11(2)16(22)20-9-12-4-3-7-21(10-12)17(23)14-6-5-13(18)8-15(14)19/h5-6,8,11-12H,3-4,7,9-10H2,1-2H3,(H,20,22)/t12-/m0/s1. The summed E-state index contributed by atoms with van der Waals surface area (Å²) in [4.78, 5) is 25.8. The van der Waals surface area contributed by atoms with Gasteiger partial charge in [-0.1, -0.05) is 25.4 Å². The van der Waals surface area contributed by atoms with Crippen molar-refractivity contribution >= 4 is 23.4 Å². The van der Waals surface area contributed by atoms with E-state index in [9.17, 15) is 14.0 Å². The predicted molar refractivity (Wildman–Crippen MR) is 87.9 cm³/mol. The molecule has 1 fully saturated rings. The minimum Gasteiger partial charge on any atom is -0.356 e. The summed E-state index contributed by atoms with van der Waals surface area (Å²) in [6.07, 6.45) is 1.80. The van der Waals surface area contributed by atoms with E-state index in [1.54, 1.807) is 4.90 Å². The zero-order chi connectivity index (χ0) is 17.0. The Kier molecular flexibility index (Phi) is 5.99. The normalized spacial score (nSPS) is 18.1. The molecule has 1 N–H and O–H groups in total. The molecule has 1 aromatic carbocycles. The fourth-order valence-electron chi connectivity index (χ4n) is 2.70. The average molecular weight is 341 g/mol. The summed E-state index contributed by atoms with van der Waals surface area (Å²) in [5.41, 5.74) is 0.0428. The molecule has 2 rings (SSSR count). The Bertz CT molecular complexity index is 592. The maximum absolute atomic E-state index is 13.9. The van der Waals surface area contributed by atoms with Crippen LogP contribution in [-0.2, 0) is 4.79 Å². The van der Waals surface area contributed by atoms with Crippen molar-refractivity contribution < 1.29 is 14.0 Å². The minimum atomic E-state index is -0.599. The van der Waals surface area contributed by atoms with Gasteiger partial charge in [-0.2, -0.15) is 0 Å². The Balaban J connectivity index is 1.97. The summed E-state index contributed by atoms with van der Waals surface area (Å²) < 4.78 is 13.9. The van der Waals surface area contributed by atoms with E-state index in [0.29, 0.717) is 19.6 Å². The molecule has 1 heterocycles. The number of nitrogens with one attached hydrogen (secondary N) is 1. The first-order chi connectivity index (χ1) is 10.9. The van der Waals surface area contributed by atoms with Gasteiger partial charge in [0.25, 0.3) is 5.91 Å². The second-order valence-corrected chi connectivity index (χ2v) is 6.72. The highest BCUT2D eigenvalue weighted by atomic mass is 35.5. The molecular weight excluding hydrogens is 319 g/mol. The fraction of sp³-hybridized carbons (Fsp3) is 0.529. The van der Waals surface area contributed by atoms with E-state index in [1.807, 2.05) is 13.8 Å². The SMILES string of the molecule is CC(C)C(=O)NC[C@@H]1CCCN(C(=O)c2ccc(Cl)cc2F)C1. The number of hydrogen-bond acceptors (Lipinski definition) is 2. The molecule has 0 spiro atoms. The van der Waals surface area contributed by atoms with E-state index in [4.69, 9.17) is 11.6 Å². The maximum atomic E-state index is 13.9. The Morgan fingerprint density at radius 1 is 1.43 bits per heavy atom. The quantitative estimate of drug-likeness (QED) is 0.915. The van der Waals surface area contributed by atoms with Gasteiger partial charge < -0.3 is 10.2 Å². The Morgan fingerprint density at radius 2 is 2.17 bits per heavy atom. The van der Waals surface area contributed by atoms with Crippen molar-refractivity contribution in [3.05, 3.63) is 34.6 Å². The van der Waals surface area contributed by atoms with Crippen LogP contribution in [0, 0.1) is 17.7 Å². The molecule has 1 atom stereocenters. The van der Waals surface area contributed by atoms with Crippen LogP contribution in [0.1, 0.15) is 37.0 Å². The van der Waals surface area contributed by atoms with Crippen molar-refractivity contribution in [3.63, 3.8) is 0 Å². The maximum Gasteiger partial charge on any atom is 0.256 e. The molecular formula is C17H22ClFN2O2. The summed E-state index contributed by atoms with van der Waals surface area (Å²) in [6.45, 7) is 5.36. The van der Waals surface area contributed by atoms with E-state index in [0.717, 1.165) is 18.9 Å². The third-order valence-electron chi connectivity index (χ3n) is 4.06. The van der Waals surface area contributed by atoms with Crippen LogP contribution >= 0.6 is 11.6 Å². The molecule has 4 nitrogen and oxygen atoms in total. The fourth-order valence-corrected chi connectivity index (χ4v) is 2.86. The van der Waals surface area contributed by atoms with Crippen LogP contribution in [-0.4, -0.2) is 36.3 Å². The van der Waals surface area contributed by atoms with Crippen LogP contribution in [0.4, 0.5) is 4.39 Å². The molecule has 1 aromatic rings. The number of carbonyl (C=O) groups is 2. The van der Waals surface area contributed by atoms with Crippen LogP contribution in [0.5, 0.6) is 0 Å². The van der Waals surface area contributed by atoms with E-state index in [1.165, 1.54) is 12.1 Å². The molecule has 0 unspecified atom stereocenters. The van der Waals surface area contributed by atoms with Crippen LogP contribution in [0.15, 0.2) is 18.2 Å². The van der Waals surface area contributed by atoms with Crippen molar-refractivity contribution in [3.8, 4) is 0 Å². The van der Waals surface area contributed by atoms with Gasteiger partial charge in [-0.05, 0) is 37.0 Å². The van der Waals surface area contributed by atoms with Crippen molar-refractivity contribution in [1.29, 1.82) is 0 Å². The van der Waals surface area contributed by atoms with Gasteiger partial charge in [-0.25, -0.2) is 4.39 Å². The van der Waals surface area contributed by atoms with Gasteiger partial charge in [-0.15, -0.1) is 0 Å². The van der Waals surface area contributed by atoms with Crippen LogP contribution in [0.25, 0.3) is 0 Å². The number of likely N-dealkylation sites (tertiary alicyclic amines) is 1. The number of hydrogen-bond donors (Lipinski definition) is 1. The molecule has 6 heteroatoms. The Morgan fingerprint density at radius 3 is 2.83 bits per heavy atom. The Labute approximate surface area is 141 Å². The largest absolute Gasteiger partial charge is 0.356 e. The summed E-state index contributed by atoms with van der Waals surface area (Å²) >= 11 is 5.72. The topological polar surface area (TPSA) is 49.4 Å². The van der Waals surface area contributed by atoms with E-state index in [-0.39, 0.29) is 34.2 Å². The van der Waals surface area contributed by atoms with Crippen molar-refractivity contribution in [2.24, 2.45) is 11.8 Å². The lowest BCUT2D eigenvalue weighted by atomic mass is 9.97. The van der Waals surface area contributed by atoms with Crippen molar-refractivity contribution in [2.45, 2.75) is 26.7 Å². The third kappa shape index (κ3) is 4.67. The lowest BCUT2D eigenvalue weighted by molar-refractivity contribution is -0.124. The Hall–Kier alpha value is -1.62. The summed E-state index contributed by atoms with van der Waals surface area (Å²) in [6, 6.07) is 4.09. The van der Waals surface area contributed by atoms with Gasteiger partial charge in [0.15, 0.2) is 0 Å². The lowest BCUT2D eigenvalue weighted by Crippen LogP contribution is -2.44. The van der Waals surface area contributed by atoms with Gasteiger partial charge >= 0.3 is 0 Å². The molecule has 23 heavy (non-hydrogen) atoms. The molecule has 2 amide bonds. The molecule has 1 aliphatic rings.